The molecule has 1 heterocycles. The summed E-state index contributed by atoms with van der Waals surface area (Å²) < 4.78 is 1.28. The Hall–Kier alpha value is -4.25. The lowest BCUT2D eigenvalue weighted by molar-refractivity contribution is 0.0685. The fraction of sp³-hybridized carbons (Fsp3) is 0.558. The average molecular weight is 696 g/mol. The minimum atomic E-state index is -0.516. The summed E-state index contributed by atoms with van der Waals surface area (Å²) in [5.41, 5.74) is 1.03. The van der Waals surface area contributed by atoms with Crippen LogP contribution in [0.25, 0.3) is 11.1 Å². The summed E-state index contributed by atoms with van der Waals surface area (Å²) in [5.74, 6) is 0.516. The molecule has 1 N–H and O–H groups in total. The third-order valence-corrected chi connectivity index (χ3v) is 10.3. The van der Waals surface area contributed by atoms with Crippen LogP contribution in [0.1, 0.15) is 135 Å². The van der Waals surface area contributed by atoms with E-state index in [1.165, 1.54) is 4.57 Å². The minimum Gasteiger partial charge on any atom is -0.493 e. The van der Waals surface area contributed by atoms with Gasteiger partial charge in [0.15, 0.2) is 5.69 Å². The molecule has 0 radical (unpaired) electrons. The Bertz CT molecular complexity index is 1620. The number of carbonyl (C=O) groups excluding carboxylic acids is 1. The first-order chi connectivity index (χ1) is 24.8. The van der Waals surface area contributed by atoms with Crippen molar-refractivity contribution in [3.05, 3.63) is 76.1 Å². The second kappa shape index (κ2) is 21.9. The summed E-state index contributed by atoms with van der Waals surface area (Å²) in [6.45, 7) is 14.7. The molecule has 3 atom stereocenters. The second-order valence-electron chi connectivity index (χ2n) is 14.0. The van der Waals surface area contributed by atoms with Gasteiger partial charge >= 0.3 is 0 Å². The molecular weight excluding hydrogens is 635 g/mol. The monoisotopic (exact) mass is 695 g/mol. The number of azo groups is 1. The highest BCUT2D eigenvalue weighted by Gasteiger charge is 2.27. The van der Waals surface area contributed by atoms with Crippen LogP contribution >= 0.6 is 0 Å². The molecule has 8 nitrogen and oxygen atoms in total. The van der Waals surface area contributed by atoms with E-state index in [1.54, 1.807) is 24.3 Å². The van der Waals surface area contributed by atoms with E-state index in [2.05, 4.69) is 57.8 Å². The quantitative estimate of drug-likeness (QED) is 0.105. The largest absolute Gasteiger partial charge is 0.493 e. The van der Waals surface area contributed by atoms with Gasteiger partial charge in [0.2, 0.25) is 5.88 Å². The van der Waals surface area contributed by atoms with Crippen LogP contribution in [0.5, 0.6) is 5.88 Å². The molecule has 0 aliphatic rings. The molecule has 3 rings (SSSR count). The van der Waals surface area contributed by atoms with Gasteiger partial charge in [-0.25, -0.2) is 0 Å². The van der Waals surface area contributed by atoms with Crippen molar-refractivity contribution in [2.45, 2.75) is 125 Å². The maximum Gasteiger partial charge on any atom is 0.281 e. The van der Waals surface area contributed by atoms with Crippen LogP contribution in [-0.2, 0) is 6.54 Å². The van der Waals surface area contributed by atoms with Gasteiger partial charge in [-0.15, -0.1) is 10.2 Å². The summed E-state index contributed by atoms with van der Waals surface area (Å²) in [6.07, 6.45) is 12.4. The van der Waals surface area contributed by atoms with Crippen LogP contribution in [-0.4, -0.2) is 33.6 Å². The van der Waals surface area contributed by atoms with Gasteiger partial charge in [0.05, 0.1) is 11.3 Å². The van der Waals surface area contributed by atoms with Gasteiger partial charge in [0.1, 0.15) is 11.6 Å². The van der Waals surface area contributed by atoms with E-state index in [0.29, 0.717) is 41.7 Å². The van der Waals surface area contributed by atoms with Crippen molar-refractivity contribution in [2.24, 2.45) is 28.0 Å². The van der Waals surface area contributed by atoms with Gasteiger partial charge in [-0.3, -0.25) is 14.2 Å². The number of nitrogens with zero attached hydrogens (tertiary/aromatic N) is 5. The Kier molecular flexibility index (Phi) is 17.6. The number of hydrogen-bond acceptors (Lipinski definition) is 6. The molecule has 1 aromatic heterocycles. The number of rotatable bonds is 22. The average Bonchev–Trinajstić information content (AvgIpc) is 3.16. The number of unbranched alkanes of at least 4 members (excludes halogenated alkanes) is 3. The zero-order valence-corrected chi connectivity index (χ0v) is 32.0. The number of benzene rings is 2. The highest BCUT2D eigenvalue weighted by Crippen LogP contribution is 2.37. The molecule has 3 unspecified atom stereocenters. The SMILES string of the molecule is CCCCC(CC)CN(CC(CC)CCCC)C(=O)c1ccccc1N=Nc1c(-c2ccccc2)c(C#N)c(O)n(CC(CC)CCCC)c1=O. The molecule has 0 aliphatic carbocycles. The van der Waals surface area contributed by atoms with E-state index in [-0.39, 0.29) is 41.1 Å². The van der Waals surface area contributed by atoms with E-state index in [1.807, 2.05) is 35.2 Å². The second-order valence-corrected chi connectivity index (χ2v) is 14.0. The lowest BCUT2D eigenvalue weighted by Crippen LogP contribution is -2.39. The Morgan fingerprint density at radius 3 is 1.84 bits per heavy atom. The normalized spacial score (nSPS) is 13.2. The van der Waals surface area contributed by atoms with E-state index >= 15 is 0 Å². The summed E-state index contributed by atoms with van der Waals surface area (Å²) in [7, 11) is 0. The molecule has 1 amide bonds. The van der Waals surface area contributed by atoms with Gasteiger partial charge < -0.3 is 10.0 Å². The van der Waals surface area contributed by atoms with Crippen LogP contribution in [0.3, 0.4) is 0 Å². The molecule has 0 saturated carbocycles. The van der Waals surface area contributed by atoms with E-state index < -0.39 is 5.56 Å². The summed E-state index contributed by atoms with van der Waals surface area (Å²) >= 11 is 0. The molecule has 51 heavy (non-hydrogen) atoms. The van der Waals surface area contributed by atoms with E-state index in [0.717, 1.165) is 77.0 Å². The van der Waals surface area contributed by atoms with Crippen molar-refractivity contribution in [3.63, 3.8) is 0 Å². The third-order valence-electron chi connectivity index (χ3n) is 10.3. The van der Waals surface area contributed by atoms with Gasteiger partial charge in [-0.05, 0) is 54.7 Å². The third kappa shape index (κ3) is 11.4. The molecular formula is C43H61N5O3. The Morgan fingerprint density at radius 2 is 1.31 bits per heavy atom. The van der Waals surface area contributed by atoms with Crippen LogP contribution in [0.2, 0.25) is 0 Å². The van der Waals surface area contributed by atoms with Gasteiger partial charge in [0, 0.05) is 25.2 Å². The number of hydrogen-bond donors (Lipinski definition) is 1. The van der Waals surface area contributed by atoms with Crippen LogP contribution in [0, 0.1) is 29.1 Å². The van der Waals surface area contributed by atoms with Crippen molar-refractivity contribution in [3.8, 4) is 23.1 Å². The maximum absolute atomic E-state index is 14.5. The predicted octanol–water partition coefficient (Wildman–Crippen LogP) is 11.6. The minimum absolute atomic E-state index is 0.0222. The van der Waals surface area contributed by atoms with Crippen molar-refractivity contribution in [1.82, 2.24) is 9.47 Å². The molecule has 0 spiro atoms. The fourth-order valence-electron chi connectivity index (χ4n) is 6.84. The molecule has 0 fully saturated rings. The number of amides is 1. The molecule has 276 valence electrons. The fourth-order valence-corrected chi connectivity index (χ4v) is 6.84. The summed E-state index contributed by atoms with van der Waals surface area (Å²) in [6, 6.07) is 18.4. The van der Waals surface area contributed by atoms with Gasteiger partial charge in [0.25, 0.3) is 11.5 Å². The molecule has 3 aromatic rings. The molecule has 0 saturated heterocycles. The molecule has 8 heteroatoms. The number of nitriles is 1. The van der Waals surface area contributed by atoms with E-state index in [9.17, 15) is 20.0 Å². The van der Waals surface area contributed by atoms with Gasteiger partial charge in [-0.1, -0.05) is 142 Å². The van der Waals surface area contributed by atoms with Crippen LogP contribution in [0.15, 0.2) is 69.6 Å². The van der Waals surface area contributed by atoms with Crippen molar-refractivity contribution < 1.29 is 9.90 Å². The lowest BCUT2D eigenvalue weighted by Gasteiger charge is -2.31. The zero-order valence-electron chi connectivity index (χ0n) is 32.0. The Balaban J connectivity index is 2.17. The first-order valence-corrected chi connectivity index (χ1v) is 19.5. The summed E-state index contributed by atoms with van der Waals surface area (Å²) in [4.78, 5) is 30.8. The lowest BCUT2D eigenvalue weighted by atomic mass is 9.95. The maximum atomic E-state index is 14.5. The number of aromatic nitrogens is 1. The van der Waals surface area contributed by atoms with Crippen molar-refractivity contribution in [1.29, 1.82) is 5.26 Å². The van der Waals surface area contributed by atoms with Crippen molar-refractivity contribution >= 4 is 17.3 Å². The highest BCUT2D eigenvalue weighted by atomic mass is 16.3. The summed E-state index contributed by atoms with van der Waals surface area (Å²) in [5, 5.41) is 30.9. The first kappa shape index (κ1) is 41.2. The van der Waals surface area contributed by atoms with Crippen molar-refractivity contribution in [2.75, 3.05) is 13.1 Å². The standard InChI is InChI=1S/C43H61N5O3/c1-7-13-21-32(10-4)29-47(30-33(11-5)22-14-8-2)41(49)36-26-19-20-27-38(36)45-46-40-39(35-24-17-16-18-25-35)37(28-44)42(50)48(43(40)51)31-34(12-6)23-15-9-3/h16-20,24-27,32-34,50H,7-15,21-23,29-31H2,1-6H3. The Labute approximate surface area is 306 Å². The van der Waals surface area contributed by atoms with Crippen LogP contribution < -0.4 is 5.56 Å². The van der Waals surface area contributed by atoms with Gasteiger partial charge in [-0.2, -0.15) is 5.26 Å². The number of pyridine rings is 1. The van der Waals surface area contributed by atoms with E-state index in [4.69, 9.17) is 0 Å². The topological polar surface area (TPSA) is 111 Å². The Morgan fingerprint density at radius 1 is 0.784 bits per heavy atom. The predicted molar refractivity (Wildman–Crippen MR) is 209 cm³/mol. The van der Waals surface area contributed by atoms with Crippen LogP contribution in [0.4, 0.5) is 11.4 Å². The first-order valence-electron chi connectivity index (χ1n) is 19.5. The smallest absolute Gasteiger partial charge is 0.281 e. The highest BCUT2D eigenvalue weighted by molar-refractivity contribution is 5.99. The number of aromatic hydroxyl groups is 1. The molecule has 0 bridgehead atoms. The molecule has 2 aromatic carbocycles. The molecule has 0 aliphatic heterocycles. The zero-order chi connectivity index (χ0) is 37.2. The number of carbonyl (C=O) groups is 1.